The summed E-state index contributed by atoms with van der Waals surface area (Å²) in [4.78, 5) is 24.5. The van der Waals surface area contributed by atoms with Crippen LogP contribution in [0, 0.1) is 5.82 Å². The van der Waals surface area contributed by atoms with Gasteiger partial charge in [-0.25, -0.2) is 4.39 Å². The zero-order chi connectivity index (χ0) is 13.7. The number of nitrogens with one attached hydrogen (secondary N) is 1. The van der Waals surface area contributed by atoms with E-state index in [1.54, 1.807) is 14.1 Å². The van der Waals surface area contributed by atoms with Crippen LogP contribution >= 0.6 is 15.9 Å². The van der Waals surface area contributed by atoms with Gasteiger partial charge >= 0.3 is 0 Å². The molecule has 0 radical (unpaired) electrons. The van der Waals surface area contributed by atoms with Gasteiger partial charge in [0.1, 0.15) is 5.82 Å². The maximum atomic E-state index is 12.8. The van der Waals surface area contributed by atoms with E-state index in [-0.39, 0.29) is 24.8 Å². The summed E-state index contributed by atoms with van der Waals surface area (Å²) in [7, 11) is 3.31. The maximum absolute atomic E-state index is 12.8. The van der Waals surface area contributed by atoms with Crippen molar-refractivity contribution < 1.29 is 14.0 Å². The predicted molar refractivity (Wildman–Crippen MR) is 69.7 cm³/mol. The van der Waals surface area contributed by atoms with E-state index in [0.29, 0.717) is 10.0 Å². The highest BCUT2D eigenvalue weighted by molar-refractivity contribution is 9.10. The van der Waals surface area contributed by atoms with Crippen LogP contribution in [0.5, 0.6) is 0 Å². The summed E-state index contributed by atoms with van der Waals surface area (Å²) >= 11 is 3.12. The van der Waals surface area contributed by atoms with Crippen molar-refractivity contribution in [2.75, 3.05) is 20.6 Å². The second kappa shape index (κ2) is 6.49. The van der Waals surface area contributed by atoms with Crippen molar-refractivity contribution in [1.82, 2.24) is 10.2 Å². The number of halogens is 2. The number of amides is 2. The van der Waals surface area contributed by atoms with Crippen LogP contribution in [-0.2, 0) is 4.79 Å². The lowest BCUT2D eigenvalue weighted by molar-refractivity contribution is -0.128. The molecule has 98 valence electrons. The first-order valence-corrected chi connectivity index (χ1v) is 6.14. The molecule has 0 saturated heterocycles. The van der Waals surface area contributed by atoms with Crippen LogP contribution in [0.3, 0.4) is 0 Å². The Bertz CT molecular complexity index is 463. The molecule has 0 atom stereocenters. The summed E-state index contributed by atoms with van der Waals surface area (Å²) < 4.78 is 13.2. The average molecular weight is 317 g/mol. The van der Waals surface area contributed by atoms with Crippen molar-refractivity contribution in [3.05, 3.63) is 34.1 Å². The Hall–Kier alpha value is -1.43. The molecule has 1 aromatic carbocycles. The van der Waals surface area contributed by atoms with E-state index >= 15 is 0 Å². The molecule has 0 saturated carbocycles. The van der Waals surface area contributed by atoms with Gasteiger partial charge in [-0.3, -0.25) is 9.59 Å². The second-order valence-corrected chi connectivity index (χ2v) is 4.77. The van der Waals surface area contributed by atoms with E-state index in [2.05, 4.69) is 21.2 Å². The lowest BCUT2D eigenvalue weighted by Gasteiger charge is -2.11. The van der Waals surface area contributed by atoms with Crippen molar-refractivity contribution in [3.63, 3.8) is 0 Å². The molecule has 0 aromatic heterocycles. The number of hydrogen-bond donors (Lipinski definition) is 1. The van der Waals surface area contributed by atoms with Crippen molar-refractivity contribution in [2.24, 2.45) is 0 Å². The Labute approximate surface area is 113 Å². The summed E-state index contributed by atoms with van der Waals surface area (Å²) in [6.45, 7) is 0.250. The third-order valence-electron chi connectivity index (χ3n) is 2.30. The molecule has 4 nitrogen and oxygen atoms in total. The van der Waals surface area contributed by atoms with Crippen molar-refractivity contribution >= 4 is 27.7 Å². The van der Waals surface area contributed by atoms with Crippen molar-refractivity contribution in [3.8, 4) is 0 Å². The van der Waals surface area contributed by atoms with Crippen LogP contribution in [0.25, 0.3) is 0 Å². The van der Waals surface area contributed by atoms with E-state index in [0.717, 1.165) is 0 Å². The highest BCUT2D eigenvalue weighted by Crippen LogP contribution is 2.17. The Morgan fingerprint density at radius 2 is 2.06 bits per heavy atom. The van der Waals surface area contributed by atoms with E-state index in [1.807, 2.05) is 0 Å². The summed E-state index contributed by atoms with van der Waals surface area (Å²) in [6.07, 6.45) is 0.234. The fourth-order valence-corrected chi connectivity index (χ4v) is 1.81. The van der Waals surface area contributed by atoms with Gasteiger partial charge in [0.2, 0.25) is 5.91 Å². The van der Waals surface area contributed by atoms with E-state index < -0.39 is 5.82 Å². The molecule has 0 fully saturated rings. The van der Waals surface area contributed by atoms with Crippen molar-refractivity contribution in [1.29, 1.82) is 0 Å². The third kappa shape index (κ3) is 4.10. The zero-order valence-corrected chi connectivity index (χ0v) is 11.8. The van der Waals surface area contributed by atoms with Crippen LogP contribution < -0.4 is 5.32 Å². The number of hydrogen-bond acceptors (Lipinski definition) is 2. The molecule has 0 aliphatic rings. The van der Waals surface area contributed by atoms with Gasteiger partial charge < -0.3 is 10.2 Å². The van der Waals surface area contributed by atoms with Gasteiger partial charge in [0, 0.05) is 31.5 Å². The highest BCUT2D eigenvalue weighted by Gasteiger charge is 2.11. The lowest BCUT2D eigenvalue weighted by atomic mass is 10.2. The van der Waals surface area contributed by atoms with Gasteiger partial charge in [0.15, 0.2) is 0 Å². The minimum Gasteiger partial charge on any atom is -0.351 e. The fraction of sp³-hybridized carbons (Fsp3) is 0.333. The molecular weight excluding hydrogens is 303 g/mol. The molecule has 1 rings (SSSR count). The number of carbonyl (C=O) groups excluding carboxylic acids is 2. The summed E-state index contributed by atoms with van der Waals surface area (Å²) in [5.41, 5.74) is 0.341. The van der Waals surface area contributed by atoms with Crippen molar-refractivity contribution in [2.45, 2.75) is 6.42 Å². The molecule has 1 aromatic rings. The first kappa shape index (κ1) is 14.6. The number of benzene rings is 1. The van der Waals surface area contributed by atoms with Gasteiger partial charge in [-0.05, 0) is 34.1 Å². The molecule has 2 amide bonds. The van der Waals surface area contributed by atoms with E-state index in [9.17, 15) is 14.0 Å². The standard InChI is InChI=1S/C12H14BrFN2O2/c1-16(2)11(17)5-6-15-12(18)9-4-3-8(14)7-10(9)13/h3-4,7H,5-6H2,1-2H3,(H,15,18). The monoisotopic (exact) mass is 316 g/mol. The molecule has 0 bridgehead atoms. The number of carbonyl (C=O) groups is 2. The van der Waals surface area contributed by atoms with Gasteiger partial charge in [0.05, 0.1) is 5.56 Å². The Kier molecular flexibility index (Phi) is 5.27. The predicted octanol–water partition coefficient (Wildman–Crippen LogP) is 1.80. The van der Waals surface area contributed by atoms with Crippen LogP contribution in [0.15, 0.2) is 22.7 Å². The smallest absolute Gasteiger partial charge is 0.252 e. The van der Waals surface area contributed by atoms with Gasteiger partial charge in [-0.2, -0.15) is 0 Å². The molecule has 0 aliphatic carbocycles. The molecule has 0 aliphatic heterocycles. The minimum absolute atomic E-state index is 0.0616. The number of nitrogens with zero attached hydrogens (tertiary/aromatic N) is 1. The Morgan fingerprint density at radius 3 is 2.61 bits per heavy atom. The Balaban J connectivity index is 2.53. The quantitative estimate of drug-likeness (QED) is 0.920. The molecule has 0 spiro atoms. The number of rotatable bonds is 4. The highest BCUT2D eigenvalue weighted by atomic mass is 79.9. The van der Waals surface area contributed by atoms with E-state index in [1.165, 1.54) is 23.1 Å². The molecule has 1 N–H and O–H groups in total. The fourth-order valence-electron chi connectivity index (χ4n) is 1.28. The zero-order valence-electron chi connectivity index (χ0n) is 10.2. The van der Waals surface area contributed by atoms with Crippen LogP contribution in [0.1, 0.15) is 16.8 Å². The lowest BCUT2D eigenvalue weighted by Crippen LogP contribution is -2.30. The average Bonchev–Trinajstić information content (AvgIpc) is 2.28. The van der Waals surface area contributed by atoms with Crippen LogP contribution in [-0.4, -0.2) is 37.4 Å². The minimum atomic E-state index is -0.416. The molecule has 0 heterocycles. The Morgan fingerprint density at radius 1 is 1.39 bits per heavy atom. The SMILES string of the molecule is CN(C)C(=O)CCNC(=O)c1ccc(F)cc1Br. The summed E-state index contributed by atoms with van der Waals surface area (Å²) in [6, 6.07) is 3.83. The van der Waals surface area contributed by atoms with Gasteiger partial charge in [-0.15, -0.1) is 0 Å². The largest absolute Gasteiger partial charge is 0.351 e. The summed E-state index contributed by atoms with van der Waals surface area (Å²) in [5.74, 6) is -0.817. The second-order valence-electron chi connectivity index (χ2n) is 3.92. The maximum Gasteiger partial charge on any atom is 0.252 e. The first-order valence-electron chi connectivity index (χ1n) is 5.35. The molecule has 18 heavy (non-hydrogen) atoms. The topological polar surface area (TPSA) is 49.4 Å². The van der Waals surface area contributed by atoms with E-state index in [4.69, 9.17) is 0 Å². The van der Waals surface area contributed by atoms with Gasteiger partial charge in [-0.1, -0.05) is 0 Å². The molecule has 6 heteroatoms. The van der Waals surface area contributed by atoms with Crippen LogP contribution in [0.4, 0.5) is 4.39 Å². The summed E-state index contributed by atoms with van der Waals surface area (Å²) in [5, 5.41) is 2.61. The normalized spacial score (nSPS) is 10.0. The first-order chi connectivity index (χ1) is 8.41. The molecular formula is C12H14BrFN2O2. The third-order valence-corrected chi connectivity index (χ3v) is 2.96. The van der Waals surface area contributed by atoms with Crippen LogP contribution in [0.2, 0.25) is 0 Å². The van der Waals surface area contributed by atoms with Gasteiger partial charge in [0.25, 0.3) is 5.91 Å². The molecule has 0 unspecified atom stereocenters.